The topological polar surface area (TPSA) is 98.7 Å². The van der Waals surface area contributed by atoms with Gasteiger partial charge in [-0.1, -0.05) is 18.7 Å². The Morgan fingerprint density at radius 1 is 1.34 bits per heavy atom. The molecule has 3 heterocycles. The predicted octanol–water partition coefficient (Wildman–Crippen LogP) is 4.47. The Bertz CT molecular complexity index is 1480. The Labute approximate surface area is 203 Å². The normalized spacial score (nSPS) is 15.1. The van der Waals surface area contributed by atoms with E-state index in [-0.39, 0.29) is 44.7 Å². The number of nitrogens with zero attached hydrogens (tertiary/aromatic N) is 5. The number of alkyl halides is 3. The zero-order valence-electron chi connectivity index (χ0n) is 19.1. The van der Waals surface area contributed by atoms with Crippen LogP contribution in [0.5, 0.6) is 0 Å². The number of hydrogen-bond donors (Lipinski definition) is 0. The third-order valence-corrected chi connectivity index (χ3v) is 8.48. The van der Waals surface area contributed by atoms with E-state index >= 15 is 0 Å². The summed E-state index contributed by atoms with van der Waals surface area (Å²) in [5, 5.41) is -0.0726. The lowest BCUT2D eigenvalue weighted by molar-refractivity contribution is -0.112. The number of pyridine rings is 1. The maximum Gasteiger partial charge on any atom is 0.433 e. The molecule has 1 aliphatic carbocycles. The molecule has 1 saturated carbocycles. The van der Waals surface area contributed by atoms with E-state index in [0.717, 1.165) is 30.7 Å². The fourth-order valence-electron chi connectivity index (χ4n) is 3.46. The van der Waals surface area contributed by atoms with Crippen molar-refractivity contribution < 1.29 is 26.4 Å². The second-order valence-electron chi connectivity index (χ2n) is 8.11. The Balaban J connectivity index is 1.89. The number of thioether (sulfide) groups is 1. The predicted molar refractivity (Wildman–Crippen MR) is 127 cm³/mol. The van der Waals surface area contributed by atoms with Crippen LogP contribution < -0.4 is 0 Å². The van der Waals surface area contributed by atoms with Crippen molar-refractivity contribution in [3.63, 3.8) is 0 Å². The molecule has 0 spiro atoms. The quantitative estimate of drug-likeness (QED) is 0.334. The number of carbonyl (C=O) groups excluding carboxylic acids is 1. The molecule has 1 aliphatic rings. The van der Waals surface area contributed by atoms with Gasteiger partial charge >= 0.3 is 6.18 Å². The number of rotatable bonds is 7. The van der Waals surface area contributed by atoms with Gasteiger partial charge in [0.15, 0.2) is 25.8 Å². The summed E-state index contributed by atoms with van der Waals surface area (Å²) in [6.45, 7) is 6.02. The highest BCUT2D eigenvalue weighted by Crippen LogP contribution is 2.38. The van der Waals surface area contributed by atoms with Crippen LogP contribution in [0.2, 0.25) is 0 Å². The van der Waals surface area contributed by atoms with Crippen molar-refractivity contribution in [3.8, 4) is 11.5 Å². The number of hydrogen-bond acceptors (Lipinski definition) is 7. The molecule has 0 radical (unpaired) electrons. The largest absolute Gasteiger partial charge is 0.433 e. The molecule has 3 aromatic heterocycles. The van der Waals surface area contributed by atoms with Crippen LogP contribution in [0.25, 0.3) is 23.2 Å². The average molecular weight is 526 g/mol. The Hall–Kier alpha value is -2.93. The van der Waals surface area contributed by atoms with E-state index < -0.39 is 21.7 Å². The molecule has 4 rings (SSSR count). The van der Waals surface area contributed by atoms with Gasteiger partial charge in [0.25, 0.3) is 0 Å². The van der Waals surface area contributed by atoms with Gasteiger partial charge in [0.05, 0.1) is 11.4 Å². The minimum atomic E-state index is -4.72. The highest BCUT2D eigenvalue weighted by Gasteiger charge is 2.34. The first-order valence-corrected chi connectivity index (χ1v) is 13.1. The number of carbonyl (C=O) groups is 1. The molecule has 8 nitrogen and oxygen atoms in total. The lowest BCUT2D eigenvalue weighted by Gasteiger charge is -2.06. The fourth-order valence-corrected chi connectivity index (χ4v) is 5.55. The van der Waals surface area contributed by atoms with Crippen molar-refractivity contribution in [1.29, 1.82) is 0 Å². The molecule has 186 valence electrons. The highest BCUT2D eigenvalue weighted by atomic mass is 32.2. The van der Waals surface area contributed by atoms with E-state index in [1.807, 2.05) is 0 Å². The maximum absolute atomic E-state index is 13.2. The number of halogens is 3. The summed E-state index contributed by atoms with van der Waals surface area (Å²) >= 11 is 1.08. The van der Waals surface area contributed by atoms with E-state index in [4.69, 9.17) is 0 Å². The molecule has 1 fully saturated rings. The molecule has 0 atom stereocenters. The van der Waals surface area contributed by atoms with Crippen LogP contribution in [-0.4, -0.2) is 51.1 Å². The number of sulfone groups is 1. The van der Waals surface area contributed by atoms with Gasteiger partial charge in [-0.05, 0) is 44.7 Å². The molecule has 0 bridgehead atoms. The zero-order chi connectivity index (χ0) is 25.7. The third-order valence-electron chi connectivity index (χ3n) is 5.72. The van der Waals surface area contributed by atoms with Crippen molar-refractivity contribution in [1.82, 2.24) is 18.9 Å². The highest BCUT2D eigenvalue weighted by molar-refractivity contribution is 8.13. The van der Waals surface area contributed by atoms with Crippen LogP contribution in [-0.2, 0) is 21.7 Å². The van der Waals surface area contributed by atoms with Crippen molar-refractivity contribution in [2.45, 2.75) is 42.8 Å². The Kier molecular flexibility index (Phi) is 6.43. The SMILES string of the molecule is C=N/C(=C\c1nc(-c2nc3cc(SC(=O)C4CC4)ccn3c2S(=O)(=O)CC)n(C)c1C)C(F)(F)F. The molecule has 0 aromatic carbocycles. The monoisotopic (exact) mass is 525 g/mol. The molecule has 35 heavy (non-hydrogen) atoms. The lowest BCUT2D eigenvalue weighted by atomic mass is 10.3. The summed E-state index contributed by atoms with van der Waals surface area (Å²) in [5.41, 5.74) is -0.613. The van der Waals surface area contributed by atoms with Crippen LogP contribution in [0.4, 0.5) is 13.2 Å². The Morgan fingerprint density at radius 3 is 2.60 bits per heavy atom. The fraction of sp³-hybridized carbons (Fsp3) is 0.364. The van der Waals surface area contributed by atoms with Gasteiger partial charge in [-0.15, -0.1) is 0 Å². The van der Waals surface area contributed by atoms with Gasteiger partial charge < -0.3 is 4.57 Å². The molecule has 0 aliphatic heterocycles. The van der Waals surface area contributed by atoms with Crippen LogP contribution in [0.1, 0.15) is 31.2 Å². The van der Waals surface area contributed by atoms with Crippen LogP contribution >= 0.6 is 11.8 Å². The molecule has 0 unspecified atom stereocenters. The van der Waals surface area contributed by atoms with Crippen LogP contribution in [0.3, 0.4) is 0 Å². The first-order chi connectivity index (χ1) is 16.4. The molecular weight excluding hydrogens is 503 g/mol. The van der Waals surface area contributed by atoms with E-state index in [2.05, 4.69) is 21.7 Å². The number of imidazole rings is 2. The van der Waals surface area contributed by atoms with Crippen molar-refractivity contribution >= 4 is 45.2 Å². The van der Waals surface area contributed by atoms with E-state index in [9.17, 15) is 26.4 Å². The van der Waals surface area contributed by atoms with E-state index in [0.29, 0.717) is 10.6 Å². The molecule has 3 aromatic rings. The number of allylic oxidation sites excluding steroid dienone is 1. The van der Waals surface area contributed by atoms with Gasteiger partial charge in [-0.25, -0.2) is 18.4 Å². The van der Waals surface area contributed by atoms with Crippen molar-refractivity contribution in [3.05, 3.63) is 35.4 Å². The molecule has 0 N–H and O–H groups in total. The third kappa shape index (κ3) is 4.79. The van der Waals surface area contributed by atoms with E-state index in [1.54, 1.807) is 26.1 Å². The van der Waals surface area contributed by atoms with Gasteiger partial charge in [0, 0.05) is 29.8 Å². The van der Waals surface area contributed by atoms with Crippen LogP contribution in [0, 0.1) is 12.8 Å². The summed E-state index contributed by atoms with van der Waals surface area (Å²) in [5.74, 6) is -0.0891. The number of fused-ring (bicyclic) bond motifs is 1. The van der Waals surface area contributed by atoms with Gasteiger partial charge in [-0.2, -0.15) is 13.2 Å². The van der Waals surface area contributed by atoms with Crippen molar-refractivity contribution in [2.75, 3.05) is 5.75 Å². The lowest BCUT2D eigenvalue weighted by Crippen LogP contribution is -2.10. The summed E-state index contributed by atoms with van der Waals surface area (Å²) in [6.07, 6.45) is -0.706. The Morgan fingerprint density at radius 2 is 2.03 bits per heavy atom. The van der Waals surface area contributed by atoms with Gasteiger partial charge in [-0.3, -0.25) is 14.2 Å². The first kappa shape index (κ1) is 25.2. The first-order valence-electron chi connectivity index (χ1n) is 10.6. The minimum absolute atomic E-state index is 0.00731. The molecule has 13 heteroatoms. The second kappa shape index (κ2) is 8.94. The summed E-state index contributed by atoms with van der Waals surface area (Å²) < 4.78 is 68.6. The second-order valence-corrected chi connectivity index (χ2v) is 11.4. The summed E-state index contributed by atoms with van der Waals surface area (Å²) in [4.78, 5) is 24.7. The minimum Gasteiger partial charge on any atom is -0.329 e. The smallest absolute Gasteiger partial charge is 0.329 e. The standard InChI is InChI=1S/C22H22F3N5O3S2/c1-5-35(32,33)20-18(19-27-15(12(2)29(19)4)11-16(26-3)22(23,24)25)28-17-10-14(8-9-30(17)20)34-21(31)13-6-7-13/h8-11,13H,3,5-7H2,1-2,4H3/b16-11-. The number of aromatic nitrogens is 4. The van der Waals surface area contributed by atoms with Crippen molar-refractivity contribution in [2.24, 2.45) is 18.0 Å². The van der Waals surface area contributed by atoms with Gasteiger partial charge in [0.1, 0.15) is 17.0 Å². The average Bonchev–Trinajstić information content (AvgIpc) is 3.52. The van der Waals surface area contributed by atoms with E-state index in [1.165, 1.54) is 22.1 Å². The zero-order valence-corrected chi connectivity index (χ0v) is 20.8. The molecule has 0 saturated heterocycles. The van der Waals surface area contributed by atoms with Crippen LogP contribution in [0.15, 0.2) is 38.9 Å². The summed E-state index contributed by atoms with van der Waals surface area (Å²) in [6, 6.07) is 3.25. The maximum atomic E-state index is 13.2. The van der Waals surface area contributed by atoms with Gasteiger partial charge in [0.2, 0.25) is 0 Å². The molecular formula is C22H22F3N5O3S2. The summed E-state index contributed by atoms with van der Waals surface area (Å²) in [7, 11) is -2.26. The number of aliphatic imine (C=N–C) groups is 1. The molecule has 0 amide bonds.